The average molecular weight is 253 g/mol. The molecule has 2 rings (SSSR count). The number of nitrogen functional groups attached to an aromatic ring is 1. The van der Waals surface area contributed by atoms with Gasteiger partial charge in [-0.05, 0) is 32.3 Å². The fourth-order valence-corrected chi connectivity index (χ4v) is 2.83. The zero-order chi connectivity index (χ0) is 12.6. The van der Waals surface area contributed by atoms with Gasteiger partial charge in [-0.2, -0.15) is 0 Å². The van der Waals surface area contributed by atoms with E-state index < -0.39 is 0 Å². The van der Waals surface area contributed by atoms with E-state index >= 15 is 0 Å². The first kappa shape index (κ1) is 12.4. The van der Waals surface area contributed by atoms with Crippen LogP contribution in [0.2, 0.25) is 0 Å². The smallest absolute Gasteiger partial charge is 0.266 e. The van der Waals surface area contributed by atoms with Crippen LogP contribution in [0.5, 0.6) is 0 Å². The standard InChI is InChI=1S/C12H19N3OS/c1-12(2)8-15(6-5-14(12)3)11(16)10-9(13)4-7-17-10/h4,7H,5-6,8,13H2,1-3H3. The quantitative estimate of drug-likeness (QED) is 0.825. The third-order valence-corrected chi connectivity index (χ3v) is 4.41. The van der Waals surface area contributed by atoms with Gasteiger partial charge in [0.1, 0.15) is 4.88 Å². The molecule has 0 unspecified atom stereocenters. The molecule has 17 heavy (non-hydrogen) atoms. The maximum atomic E-state index is 12.3. The molecule has 0 atom stereocenters. The van der Waals surface area contributed by atoms with Gasteiger partial charge in [0.15, 0.2) is 0 Å². The van der Waals surface area contributed by atoms with Crippen molar-refractivity contribution < 1.29 is 4.79 Å². The van der Waals surface area contributed by atoms with Crippen LogP contribution in [0, 0.1) is 0 Å². The maximum Gasteiger partial charge on any atom is 0.266 e. The van der Waals surface area contributed by atoms with Gasteiger partial charge in [-0.3, -0.25) is 9.69 Å². The minimum atomic E-state index is 0.0277. The Balaban J connectivity index is 2.15. The van der Waals surface area contributed by atoms with E-state index in [4.69, 9.17) is 5.73 Å². The second-order valence-electron chi connectivity index (χ2n) is 5.17. The summed E-state index contributed by atoms with van der Waals surface area (Å²) >= 11 is 1.42. The second kappa shape index (κ2) is 4.31. The summed E-state index contributed by atoms with van der Waals surface area (Å²) in [6.45, 7) is 6.74. The number of rotatable bonds is 1. The number of hydrogen-bond donors (Lipinski definition) is 1. The van der Waals surface area contributed by atoms with Crippen LogP contribution in [-0.2, 0) is 0 Å². The first-order valence-electron chi connectivity index (χ1n) is 5.75. The van der Waals surface area contributed by atoms with Crippen molar-refractivity contribution in [1.29, 1.82) is 0 Å². The van der Waals surface area contributed by atoms with Crippen LogP contribution in [0.15, 0.2) is 11.4 Å². The Labute approximate surface area is 106 Å². The van der Waals surface area contributed by atoms with E-state index in [0.29, 0.717) is 10.6 Å². The number of nitrogens with two attached hydrogens (primary N) is 1. The van der Waals surface area contributed by atoms with Gasteiger partial charge in [0.2, 0.25) is 0 Å². The summed E-state index contributed by atoms with van der Waals surface area (Å²) in [6.07, 6.45) is 0. The monoisotopic (exact) mass is 253 g/mol. The van der Waals surface area contributed by atoms with E-state index in [2.05, 4.69) is 25.8 Å². The third-order valence-electron chi connectivity index (χ3n) is 3.49. The highest BCUT2D eigenvalue weighted by atomic mass is 32.1. The maximum absolute atomic E-state index is 12.3. The minimum Gasteiger partial charge on any atom is -0.397 e. The molecule has 4 nitrogen and oxygen atoms in total. The lowest BCUT2D eigenvalue weighted by atomic mass is 9.99. The van der Waals surface area contributed by atoms with Crippen molar-refractivity contribution in [1.82, 2.24) is 9.80 Å². The normalized spacial score (nSPS) is 20.5. The summed E-state index contributed by atoms with van der Waals surface area (Å²) in [5, 5.41) is 1.86. The second-order valence-corrected chi connectivity index (χ2v) is 6.08. The molecule has 1 aromatic heterocycles. The van der Waals surface area contributed by atoms with E-state index in [1.54, 1.807) is 6.07 Å². The summed E-state index contributed by atoms with van der Waals surface area (Å²) in [5.74, 6) is 0.0682. The number of anilines is 1. The molecule has 0 spiro atoms. The number of hydrogen-bond acceptors (Lipinski definition) is 4. The summed E-state index contributed by atoms with van der Waals surface area (Å²) in [7, 11) is 2.10. The van der Waals surface area contributed by atoms with Crippen molar-refractivity contribution in [2.75, 3.05) is 32.4 Å². The molecular weight excluding hydrogens is 234 g/mol. The fraction of sp³-hybridized carbons (Fsp3) is 0.583. The lowest BCUT2D eigenvalue weighted by Gasteiger charge is -2.45. The van der Waals surface area contributed by atoms with Crippen LogP contribution in [0.25, 0.3) is 0 Å². The van der Waals surface area contributed by atoms with E-state index in [1.165, 1.54) is 11.3 Å². The molecule has 1 aliphatic rings. The molecule has 0 aliphatic carbocycles. The average Bonchev–Trinajstić information content (AvgIpc) is 2.67. The summed E-state index contributed by atoms with van der Waals surface area (Å²) in [5.41, 5.74) is 6.42. The fourth-order valence-electron chi connectivity index (χ4n) is 2.05. The van der Waals surface area contributed by atoms with E-state index in [-0.39, 0.29) is 11.4 Å². The highest BCUT2D eigenvalue weighted by molar-refractivity contribution is 7.12. The SMILES string of the molecule is CN1CCN(C(=O)c2sccc2N)CC1(C)C. The number of likely N-dealkylation sites (N-methyl/N-ethyl adjacent to an activating group) is 1. The Bertz CT molecular complexity index is 427. The van der Waals surface area contributed by atoms with Crippen LogP contribution < -0.4 is 5.73 Å². The zero-order valence-electron chi connectivity index (χ0n) is 10.6. The first-order valence-corrected chi connectivity index (χ1v) is 6.63. The van der Waals surface area contributed by atoms with Gasteiger partial charge in [0.05, 0.1) is 5.69 Å². The van der Waals surface area contributed by atoms with Crippen molar-refractivity contribution in [2.24, 2.45) is 0 Å². The number of nitrogens with zero attached hydrogens (tertiary/aromatic N) is 2. The predicted molar refractivity (Wildman–Crippen MR) is 71.3 cm³/mol. The lowest BCUT2D eigenvalue weighted by Crippen LogP contribution is -2.58. The van der Waals surface area contributed by atoms with E-state index in [9.17, 15) is 4.79 Å². The largest absolute Gasteiger partial charge is 0.397 e. The van der Waals surface area contributed by atoms with Gasteiger partial charge < -0.3 is 10.6 Å². The van der Waals surface area contributed by atoms with Gasteiger partial charge in [0.25, 0.3) is 5.91 Å². The van der Waals surface area contributed by atoms with Crippen molar-refractivity contribution in [2.45, 2.75) is 19.4 Å². The van der Waals surface area contributed by atoms with Crippen molar-refractivity contribution in [3.05, 3.63) is 16.3 Å². The van der Waals surface area contributed by atoms with Crippen LogP contribution >= 0.6 is 11.3 Å². The molecular formula is C12H19N3OS. The highest BCUT2D eigenvalue weighted by Crippen LogP contribution is 2.25. The van der Waals surface area contributed by atoms with E-state index in [1.807, 2.05) is 10.3 Å². The minimum absolute atomic E-state index is 0.0277. The van der Waals surface area contributed by atoms with Crippen LogP contribution in [0.1, 0.15) is 23.5 Å². The van der Waals surface area contributed by atoms with Gasteiger partial charge in [-0.1, -0.05) is 0 Å². The summed E-state index contributed by atoms with van der Waals surface area (Å²) < 4.78 is 0. The molecule has 0 saturated carbocycles. The molecule has 1 aromatic rings. The molecule has 0 radical (unpaired) electrons. The molecule has 2 N–H and O–H groups in total. The molecule has 2 heterocycles. The number of carbonyl (C=O) groups excluding carboxylic acids is 1. The van der Waals surface area contributed by atoms with Crippen molar-refractivity contribution in [3.63, 3.8) is 0 Å². The Kier molecular flexibility index (Phi) is 3.14. The number of thiophene rings is 1. The predicted octanol–water partition coefficient (Wildman–Crippen LogP) is 1.50. The molecule has 1 fully saturated rings. The molecule has 0 bridgehead atoms. The molecule has 1 amide bonds. The Morgan fingerprint density at radius 3 is 2.71 bits per heavy atom. The number of piperazine rings is 1. The molecule has 5 heteroatoms. The van der Waals surface area contributed by atoms with Gasteiger partial charge in [-0.15, -0.1) is 11.3 Å². The van der Waals surface area contributed by atoms with Crippen LogP contribution in [0.3, 0.4) is 0 Å². The Hall–Kier alpha value is -1.07. The van der Waals surface area contributed by atoms with Crippen molar-refractivity contribution in [3.8, 4) is 0 Å². The summed E-state index contributed by atoms with van der Waals surface area (Å²) in [6, 6.07) is 1.79. The summed E-state index contributed by atoms with van der Waals surface area (Å²) in [4.78, 5) is 17.2. The number of carbonyl (C=O) groups is 1. The van der Waals surface area contributed by atoms with Crippen LogP contribution in [-0.4, -0.2) is 47.9 Å². The van der Waals surface area contributed by atoms with Crippen molar-refractivity contribution >= 4 is 22.9 Å². The Morgan fingerprint density at radius 1 is 1.47 bits per heavy atom. The third kappa shape index (κ3) is 2.30. The topological polar surface area (TPSA) is 49.6 Å². The van der Waals surface area contributed by atoms with Crippen LogP contribution in [0.4, 0.5) is 5.69 Å². The van der Waals surface area contributed by atoms with E-state index in [0.717, 1.165) is 19.6 Å². The van der Waals surface area contributed by atoms with Gasteiger partial charge >= 0.3 is 0 Å². The molecule has 1 saturated heterocycles. The lowest BCUT2D eigenvalue weighted by molar-refractivity contribution is 0.0315. The number of amides is 1. The first-order chi connectivity index (χ1) is 7.92. The molecule has 1 aliphatic heterocycles. The molecule has 0 aromatic carbocycles. The molecule has 94 valence electrons. The van der Waals surface area contributed by atoms with Gasteiger partial charge in [0, 0.05) is 25.2 Å². The zero-order valence-corrected chi connectivity index (χ0v) is 11.4. The Morgan fingerprint density at radius 2 is 2.18 bits per heavy atom. The highest BCUT2D eigenvalue weighted by Gasteiger charge is 2.34. The van der Waals surface area contributed by atoms with Gasteiger partial charge in [-0.25, -0.2) is 0 Å².